The van der Waals surface area contributed by atoms with Crippen molar-refractivity contribution in [2.24, 2.45) is 0 Å². The van der Waals surface area contributed by atoms with Gasteiger partial charge in [-0.15, -0.1) is 0 Å². The summed E-state index contributed by atoms with van der Waals surface area (Å²) in [7, 11) is 0. The van der Waals surface area contributed by atoms with Gasteiger partial charge in [0.25, 0.3) is 0 Å². The van der Waals surface area contributed by atoms with Gasteiger partial charge in [-0.25, -0.2) is 9.78 Å². The molecule has 28 heavy (non-hydrogen) atoms. The predicted octanol–water partition coefficient (Wildman–Crippen LogP) is 3.47. The standard InChI is InChI=1S/C20H19N5O2S/c1-12-5-3-4-6-17(12)25-10-9-21-20(25)28-13(2)18(26)22-14-7-8-15-16(11-14)24-19(27)23-15/h3-11,13H,1-2H3,(H,22,26)(H2,23,24,27). The number of hydrogen-bond donors (Lipinski definition) is 3. The highest BCUT2D eigenvalue weighted by molar-refractivity contribution is 8.00. The monoisotopic (exact) mass is 393 g/mol. The van der Waals surface area contributed by atoms with E-state index in [0.717, 1.165) is 16.4 Å². The maximum Gasteiger partial charge on any atom is 0.323 e. The molecule has 0 fully saturated rings. The van der Waals surface area contributed by atoms with Gasteiger partial charge in [-0.3, -0.25) is 9.36 Å². The van der Waals surface area contributed by atoms with Gasteiger partial charge in [-0.2, -0.15) is 0 Å². The highest BCUT2D eigenvalue weighted by Gasteiger charge is 2.18. The Bertz CT molecular complexity index is 1210. The summed E-state index contributed by atoms with van der Waals surface area (Å²) >= 11 is 1.39. The van der Waals surface area contributed by atoms with Crippen LogP contribution in [0.15, 0.2) is 64.8 Å². The summed E-state index contributed by atoms with van der Waals surface area (Å²) in [5, 5.41) is 3.29. The van der Waals surface area contributed by atoms with E-state index in [1.807, 2.05) is 48.9 Å². The van der Waals surface area contributed by atoms with Gasteiger partial charge in [-0.1, -0.05) is 30.0 Å². The minimum Gasteiger partial charge on any atom is -0.325 e. The molecule has 0 saturated carbocycles. The van der Waals surface area contributed by atoms with Gasteiger partial charge >= 0.3 is 5.69 Å². The molecular formula is C20H19N5O2S. The molecule has 1 unspecified atom stereocenters. The van der Waals surface area contributed by atoms with Gasteiger partial charge in [-0.05, 0) is 43.7 Å². The number of fused-ring (bicyclic) bond motifs is 1. The number of anilines is 1. The molecule has 7 nitrogen and oxygen atoms in total. The van der Waals surface area contributed by atoms with Crippen LogP contribution in [0.2, 0.25) is 0 Å². The number of H-pyrrole nitrogens is 2. The smallest absolute Gasteiger partial charge is 0.323 e. The van der Waals surface area contributed by atoms with Crippen molar-refractivity contribution in [1.29, 1.82) is 0 Å². The van der Waals surface area contributed by atoms with Crippen LogP contribution in [0, 0.1) is 6.92 Å². The summed E-state index contributed by atoms with van der Waals surface area (Å²) < 4.78 is 1.99. The normalized spacial score (nSPS) is 12.2. The second-order valence-corrected chi connectivity index (χ2v) is 7.76. The molecule has 2 heterocycles. The fraction of sp³-hybridized carbons (Fsp3) is 0.150. The fourth-order valence-electron chi connectivity index (χ4n) is 2.96. The summed E-state index contributed by atoms with van der Waals surface area (Å²) in [6.07, 6.45) is 3.63. The molecule has 3 N–H and O–H groups in total. The van der Waals surface area contributed by atoms with Gasteiger partial charge < -0.3 is 15.3 Å². The molecule has 0 radical (unpaired) electrons. The van der Waals surface area contributed by atoms with Crippen LogP contribution < -0.4 is 11.0 Å². The first kappa shape index (κ1) is 18.1. The lowest BCUT2D eigenvalue weighted by Crippen LogP contribution is -2.22. The lowest BCUT2D eigenvalue weighted by atomic mass is 10.2. The second-order valence-electron chi connectivity index (χ2n) is 6.46. The SMILES string of the molecule is Cc1ccccc1-n1ccnc1SC(C)C(=O)Nc1ccc2[nH]c(=O)[nH]c2c1. The first-order valence-corrected chi connectivity index (χ1v) is 9.68. The number of rotatable bonds is 5. The fourth-order valence-corrected chi connectivity index (χ4v) is 3.84. The minimum absolute atomic E-state index is 0.137. The maximum atomic E-state index is 12.6. The molecule has 0 bridgehead atoms. The third-order valence-electron chi connectivity index (χ3n) is 4.42. The maximum absolute atomic E-state index is 12.6. The molecule has 0 aliphatic rings. The van der Waals surface area contributed by atoms with E-state index in [1.54, 1.807) is 24.4 Å². The predicted molar refractivity (Wildman–Crippen MR) is 111 cm³/mol. The number of nitrogens with zero attached hydrogens (tertiary/aromatic N) is 2. The zero-order valence-electron chi connectivity index (χ0n) is 15.4. The van der Waals surface area contributed by atoms with Crippen molar-refractivity contribution in [2.45, 2.75) is 24.3 Å². The van der Waals surface area contributed by atoms with Crippen molar-refractivity contribution in [2.75, 3.05) is 5.32 Å². The quantitative estimate of drug-likeness (QED) is 0.453. The number of aromatic nitrogens is 4. The Morgan fingerprint density at radius 1 is 1.18 bits per heavy atom. The van der Waals surface area contributed by atoms with Gasteiger partial charge in [0, 0.05) is 18.1 Å². The van der Waals surface area contributed by atoms with Crippen LogP contribution in [-0.2, 0) is 4.79 Å². The largest absolute Gasteiger partial charge is 0.325 e. The molecule has 4 rings (SSSR count). The molecule has 8 heteroatoms. The van der Waals surface area contributed by atoms with Crippen molar-refractivity contribution in [3.8, 4) is 5.69 Å². The lowest BCUT2D eigenvalue weighted by molar-refractivity contribution is -0.115. The number of thioether (sulfide) groups is 1. The van der Waals surface area contributed by atoms with Gasteiger partial charge in [0.05, 0.1) is 22.0 Å². The lowest BCUT2D eigenvalue weighted by Gasteiger charge is -2.14. The summed E-state index contributed by atoms with van der Waals surface area (Å²) in [5.41, 5.74) is 3.88. The van der Waals surface area contributed by atoms with Gasteiger partial charge in [0.2, 0.25) is 5.91 Å². The van der Waals surface area contributed by atoms with Gasteiger partial charge in [0.15, 0.2) is 5.16 Å². The Hall–Kier alpha value is -3.26. The zero-order chi connectivity index (χ0) is 19.7. The summed E-state index contributed by atoms with van der Waals surface area (Å²) in [6, 6.07) is 13.3. The van der Waals surface area contributed by atoms with Crippen LogP contribution in [0.25, 0.3) is 16.7 Å². The van der Waals surface area contributed by atoms with Crippen LogP contribution in [0.5, 0.6) is 0 Å². The van der Waals surface area contributed by atoms with E-state index >= 15 is 0 Å². The number of aryl methyl sites for hydroxylation is 1. The van der Waals surface area contributed by atoms with E-state index in [4.69, 9.17) is 0 Å². The van der Waals surface area contributed by atoms with E-state index in [0.29, 0.717) is 16.7 Å². The highest BCUT2D eigenvalue weighted by Crippen LogP contribution is 2.27. The second kappa shape index (κ2) is 7.40. The van der Waals surface area contributed by atoms with Gasteiger partial charge in [0.1, 0.15) is 0 Å². The molecule has 0 spiro atoms. The third-order valence-corrected chi connectivity index (χ3v) is 5.50. The number of benzene rings is 2. The van der Waals surface area contributed by atoms with Crippen LogP contribution in [0.4, 0.5) is 5.69 Å². The molecular weight excluding hydrogens is 374 g/mol. The topological polar surface area (TPSA) is 95.6 Å². The Morgan fingerprint density at radius 3 is 2.79 bits per heavy atom. The van der Waals surface area contributed by atoms with E-state index in [1.165, 1.54) is 11.8 Å². The summed E-state index contributed by atoms with van der Waals surface area (Å²) in [6.45, 7) is 3.88. The number of carbonyl (C=O) groups excluding carboxylic acids is 1. The van der Waals surface area contributed by atoms with E-state index < -0.39 is 0 Å². The molecule has 2 aromatic carbocycles. The average molecular weight is 393 g/mol. The molecule has 1 amide bonds. The van der Waals surface area contributed by atoms with Crippen molar-refractivity contribution >= 4 is 34.4 Å². The Morgan fingerprint density at radius 2 is 1.96 bits per heavy atom. The Kier molecular flexibility index (Phi) is 4.79. The van der Waals surface area contributed by atoms with E-state index in [9.17, 15) is 9.59 Å². The van der Waals surface area contributed by atoms with Crippen LogP contribution in [0.3, 0.4) is 0 Å². The minimum atomic E-state index is -0.355. The number of nitrogens with one attached hydrogen (secondary N) is 3. The zero-order valence-corrected chi connectivity index (χ0v) is 16.2. The van der Waals surface area contributed by atoms with E-state index in [2.05, 4.69) is 20.3 Å². The number of aromatic amines is 2. The molecule has 0 saturated heterocycles. The number of para-hydroxylation sites is 1. The summed E-state index contributed by atoms with van der Waals surface area (Å²) in [4.78, 5) is 33.8. The van der Waals surface area contributed by atoms with Crippen LogP contribution in [0.1, 0.15) is 12.5 Å². The molecule has 1 atom stereocenters. The molecule has 142 valence electrons. The average Bonchev–Trinajstić information content (AvgIpc) is 3.27. The number of imidazole rings is 2. The van der Waals surface area contributed by atoms with Crippen molar-refractivity contribution in [1.82, 2.24) is 19.5 Å². The molecule has 0 aliphatic carbocycles. The molecule has 4 aromatic rings. The molecule has 2 aromatic heterocycles. The van der Waals surface area contributed by atoms with Crippen molar-refractivity contribution in [3.05, 3.63) is 70.9 Å². The number of carbonyl (C=O) groups is 1. The Labute approximate surface area is 165 Å². The third kappa shape index (κ3) is 3.59. The molecule has 0 aliphatic heterocycles. The first-order chi connectivity index (χ1) is 13.5. The summed E-state index contributed by atoms with van der Waals surface area (Å²) in [5.74, 6) is -0.137. The first-order valence-electron chi connectivity index (χ1n) is 8.80. The van der Waals surface area contributed by atoms with Crippen molar-refractivity contribution in [3.63, 3.8) is 0 Å². The van der Waals surface area contributed by atoms with Crippen molar-refractivity contribution < 1.29 is 4.79 Å². The highest BCUT2D eigenvalue weighted by atomic mass is 32.2. The number of hydrogen-bond acceptors (Lipinski definition) is 4. The van der Waals surface area contributed by atoms with Crippen LogP contribution >= 0.6 is 11.8 Å². The van der Waals surface area contributed by atoms with Crippen LogP contribution in [-0.4, -0.2) is 30.7 Å². The number of amides is 1. The Balaban J connectivity index is 1.50. The van der Waals surface area contributed by atoms with E-state index in [-0.39, 0.29) is 16.8 Å².